The van der Waals surface area contributed by atoms with Gasteiger partial charge in [-0.2, -0.15) is 0 Å². The molecule has 0 aromatic heterocycles. The van der Waals surface area contributed by atoms with Crippen LogP contribution in [0.5, 0.6) is 0 Å². The van der Waals surface area contributed by atoms with Crippen LogP contribution in [-0.4, -0.2) is 34.3 Å². The van der Waals surface area contributed by atoms with Crippen molar-refractivity contribution in [2.24, 2.45) is 11.5 Å². The SMILES string of the molecule is C=CCC(C(=O)O)N(C(C)N)C(C)N.[H-].[Na+]. The van der Waals surface area contributed by atoms with Crippen molar-refractivity contribution >= 4 is 5.97 Å². The Kier molecular flexibility index (Phi) is 9.63. The smallest absolute Gasteiger partial charge is 1.00 e. The summed E-state index contributed by atoms with van der Waals surface area (Å²) in [6.45, 7) is 6.93. The maximum absolute atomic E-state index is 10.9. The Morgan fingerprint density at radius 2 is 1.93 bits per heavy atom. The van der Waals surface area contributed by atoms with Crippen LogP contribution < -0.4 is 41.0 Å². The molecule has 0 aliphatic rings. The summed E-state index contributed by atoms with van der Waals surface area (Å²) in [5.41, 5.74) is 11.3. The van der Waals surface area contributed by atoms with Gasteiger partial charge in [0.1, 0.15) is 6.04 Å². The number of rotatable bonds is 6. The van der Waals surface area contributed by atoms with Crippen molar-refractivity contribution in [1.82, 2.24) is 4.90 Å². The molecule has 3 unspecified atom stereocenters. The minimum Gasteiger partial charge on any atom is -1.00 e. The van der Waals surface area contributed by atoms with Crippen molar-refractivity contribution in [2.75, 3.05) is 0 Å². The van der Waals surface area contributed by atoms with Crippen LogP contribution in [0.4, 0.5) is 0 Å². The van der Waals surface area contributed by atoms with Gasteiger partial charge >= 0.3 is 35.5 Å². The first-order chi connectivity index (χ1) is 6.41. The molecule has 0 aromatic rings. The van der Waals surface area contributed by atoms with Crippen LogP contribution in [0.2, 0.25) is 0 Å². The van der Waals surface area contributed by atoms with E-state index in [9.17, 15) is 4.79 Å². The third kappa shape index (κ3) is 5.65. The zero-order valence-corrected chi connectivity index (χ0v) is 11.7. The molecular formula is C9H20N3NaO2. The van der Waals surface area contributed by atoms with Crippen LogP contribution >= 0.6 is 0 Å². The largest absolute Gasteiger partial charge is 1.00 e. The average molecular weight is 225 g/mol. The van der Waals surface area contributed by atoms with Gasteiger partial charge in [-0.25, -0.2) is 0 Å². The number of hydrogen-bond donors (Lipinski definition) is 3. The Hall–Kier alpha value is 0.0900. The molecule has 0 fully saturated rings. The second kappa shape index (κ2) is 8.27. The zero-order valence-electron chi connectivity index (χ0n) is 10.7. The Balaban J connectivity index is -0.000000845. The molecule has 0 rings (SSSR count). The van der Waals surface area contributed by atoms with Crippen molar-refractivity contribution < 1.29 is 40.9 Å². The quantitative estimate of drug-likeness (QED) is 0.255. The van der Waals surface area contributed by atoms with Gasteiger partial charge in [-0.05, 0) is 20.3 Å². The molecule has 3 atom stereocenters. The summed E-state index contributed by atoms with van der Waals surface area (Å²) >= 11 is 0. The molecular weight excluding hydrogens is 205 g/mol. The summed E-state index contributed by atoms with van der Waals surface area (Å²) in [5.74, 6) is -0.931. The first-order valence-corrected chi connectivity index (χ1v) is 4.54. The van der Waals surface area contributed by atoms with Crippen LogP contribution in [0, 0.1) is 0 Å². The van der Waals surface area contributed by atoms with E-state index in [-0.39, 0.29) is 31.0 Å². The second-order valence-corrected chi connectivity index (χ2v) is 3.31. The van der Waals surface area contributed by atoms with Crippen LogP contribution in [0.1, 0.15) is 21.7 Å². The van der Waals surface area contributed by atoms with Gasteiger partial charge in [0.2, 0.25) is 0 Å². The predicted octanol–water partition coefficient (Wildman–Crippen LogP) is -2.96. The van der Waals surface area contributed by atoms with Crippen molar-refractivity contribution in [3.63, 3.8) is 0 Å². The molecule has 0 aromatic carbocycles. The van der Waals surface area contributed by atoms with Crippen molar-refractivity contribution in [3.8, 4) is 0 Å². The van der Waals surface area contributed by atoms with Crippen molar-refractivity contribution in [1.29, 1.82) is 0 Å². The Morgan fingerprint density at radius 3 is 2.13 bits per heavy atom. The fraction of sp³-hybridized carbons (Fsp3) is 0.667. The third-order valence-electron chi connectivity index (χ3n) is 1.98. The number of carbonyl (C=O) groups is 1. The number of aliphatic carboxylic acids is 1. The standard InChI is InChI=1S/C9H19N3O2.Na.H/c1-4-5-8(9(13)14)12(6(2)10)7(3)11;;/h4,6-8H,1,5,10-11H2,2-3H3,(H,13,14);;/q;+1;-1. The van der Waals surface area contributed by atoms with E-state index >= 15 is 0 Å². The van der Waals surface area contributed by atoms with E-state index in [0.29, 0.717) is 6.42 Å². The van der Waals surface area contributed by atoms with Gasteiger partial charge in [-0.15, -0.1) is 6.58 Å². The van der Waals surface area contributed by atoms with Gasteiger partial charge in [0.05, 0.1) is 12.3 Å². The van der Waals surface area contributed by atoms with E-state index in [1.165, 1.54) is 0 Å². The molecule has 15 heavy (non-hydrogen) atoms. The monoisotopic (exact) mass is 225 g/mol. The average Bonchev–Trinajstić information content (AvgIpc) is 2.01. The topological polar surface area (TPSA) is 92.6 Å². The molecule has 0 radical (unpaired) electrons. The molecule has 0 saturated heterocycles. The van der Waals surface area contributed by atoms with Crippen LogP contribution in [0.25, 0.3) is 0 Å². The van der Waals surface area contributed by atoms with Gasteiger partial charge in [0, 0.05) is 0 Å². The molecule has 0 amide bonds. The molecule has 0 aliphatic carbocycles. The summed E-state index contributed by atoms with van der Waals surface area (Å²) in [4.78, 5) is 12.5. The minimum atomic E-state index is -0.931. The number of nitrogens with zero attached hydrogens (tertiary/aromatic N) is 1. The van der Waals surface area contributed by atoms with Crippen LogP contribution in [0.3, 0.4) is 0 Å². The predicted molar refractivity (Wildman–Crippen MR) is 56.5 cm³/mol. The van der Waals surface area contributed by atoms with Gasteiger partial charge in [-0.3, -0.25) is 9.69 Å². The first kappa shape index (κ1) is 17.5. The Labute approximate surface area is 114 Å². The van der Waals surface area contributed by atoms with Crippen molar-refractivity contribution in [2.45, 2.75) is 38.6 Å². The van der Waals surface area contributed by atoms with Gasteiger partial charge in [0.15, 0.2) is 0 Å². The second-order valence-electron chi connectivity index (χ2n) is 3.31. The normalized spacial score (nSPS) is 16.3. The molecule has 0 bridgehead atoms. The number of nitrogens with two attached hydrogens (primary N) is 2. The maximum atomic E-state index is 10.9. The summed E-state index contributed by atoms with van der Waals surface area (Å²) in [6, 6.07) is -0.701. The van der Waals surface area contributed by atoms with Crippen molar-refractivity contribution in [3.05, 3.63) is 12.7 Å². The van der Waals surface area contributed by atoms with E-state index in [1.54, 1.807) is 24.8 Å². The summed E-state index contributed by atoms with van der Waals surface area (Å²) in [6.07, 6.45) is 1.10. The Morgan fingerprint density at radius 1 is 1.53 bits per heavy atom. The maximum Gasteiger partial charge on any atom is 1.00 e. The molecule has 0 saturated carbocycles. The third-order valence-corrected chi connectivity index (χ3v) is 1.98. The molecule has 6 heteroatoms. The van der Waals surface area contributed by atoms with E-state index in [4.69, 9.17) is 16.6 Å². The van der Waals surface area contributed by atoms with Gasteiger partial charge in [0.25, 0.3) is 0 Å². The molecule has 84 valence electrons. The zero-order chi connectivity index (χ0) is 11.3. The van der Waals surface area contributed by atoms with Gasteiger partial charge < -0.3 is 18.0 Å². The Bertz CT molecular complexity index is 207. The molecule has 5 nitrogen and oxygen atoms in total. The van der Waals surface area contributed by atoms with Crippen LogP contribution in [0.15, 0.2) is 12.7 Å². The fourth-order valence-electron chi connectivity index (χ4n) is 1.45. The minimum absolute atomic E-state index is 0. The summed E-state index contributed by atoms with van der Waals surface area (Å²) in [5, 5.41) is 8.97. The van der Waals surface area contributed by atoms with Crippen LogP contribution in [-0.2, 0) is 4.79 Å². The van der Waals surface area contributed by atoms with E-state index in [1.807, 2.05) is 0 Å². The summed E-state index contributed by atoms with van der Waals surface area (Å²) < 4.78 is 0. The number of hydrogen-bond acceptors (Lipinski definition) is 4. The summed E-state index contributed by atoms with van der Waals surface area (Å²) in [7, 11) is 0. The first-order valence-electron chi connectivity index (χ1n) is 4.54. The van der Waals surface area contributed by atoms with E-state index in [0.717, 1.165) is 0 Å². The van der Waals surface area contributed by atoms with E-state index in [2.05, 4.69) is 6.58 Å². The molecule has 0 heterocycles. The number of carboxylic acids is 1. The van der Waals surface area contributed by atoms with E-state index < -0.39 is 24.3 Å². The van der Waals surface area contributed by atoms with Gasteiger partial charge in [-0.1, -0.05) is 6.08 Å². The molecule has 0 aliphatic heterocycles. The number of carboxylic acid groups (broad SMARTS) is 1. The fourth-order valence-corrected chi connectivity index (χ4v) is 1.45. The molecule has 5 N–H and O–H groups in total. The molecule has 0 spiro atoms.